The van der Waals surface area contributed by atoms with Gasteiger partial charge in [-0.2, -0.15) is 23.5 Å². The Bertz CT molecular complexity index is 1860. The summed E-state index contributed by atoms with van der Waals surface area (Å²) in [7, 11) is 1.13. The van der Waals surface area contributed by atoms with Crippen molar-refractivity contribution in [2.45, 2.75) is 31.4 Å². The van der Waals surface area contributed by atoms with Crippen molar-refractivity contribution in [3.8, 4) is 17.5 Å². The molecule has 45 heavy (non-hydrogen) atoms. The molecule has 11 nitrogen and oxygen atoms in total. The first-order valence-corrected chi connectivity index (χ1v) is 14.2. The number of carbonyl (C=O) groups is 3. The molecule has 15 heteroatoms. The van der Waals surface area contributed by atoms with Crippen molar-refractivity contribution in [2.75, 3.05) is 18.6 Å². The summed E-state index contributed by atoms with van der Waals surface area (Å²) in [5, 5.41) is 19.8. The third kappa shape index (κ3) is 6.19. The fourth-order valence-corrected chi connectivity index (χ4v) is 5.07. The van der Waals surface area contributed by atoms with Gasteiger partial charge in [-0.25, -0.2) is 9.48 Å². The number of esters is 1. The van der Waals surface area contributed by atoms with Gasteiger partial charge in [-0.05, 0) is 56.4 Å². The van der Waals surface area contributed by atoms with Gasteiger partial charge in [0.15, 0.2) is 0 Å². The molecule has 0 radical (unpaired) electrons. The second kappa shape index (κ2) is 12.2. The maximum absolute atomic E-state index is 14.1. The van der Waals surface area contributed by atoms with Crippen LogP contribution in [0.5, 0.6) is 5.75 Å². The molecule has 0 aliphatic carbocycles. The quantitative estimate of drug-likeness (QED) is 0.219. The van der Waals surface area contributed by atoms with Crippen LogP contribution < -0.4 is 20.3 Å². The number of ether oxygens (including phenoxy) is 2. The first kappa shape index (κ1) is 31.5. The van der Waals surface area contributed by atoms with Gasteiger partial charge in [0, 0.05) is 9.86 Å². The van der Waals surface area contributed by atoms with E-state index in [1.165, 1.54) is 4.90 Å². The highest BCUT2D eigenvalue weighted by Crippen LogP contribution is 2.34. The molecular weight excluding hydrogens is 661 g/mol. The molecule has 2 amide bonds. The maximum atomic E-state index is 14.1. The number of hydrogen-bond acceptors (Lipinski definition) is 8. The van der Waals surface area contributed by atoms with Crippen molar-refractivity contribution in [2.24, 2.45) is 0 Å². The van der Waals surface area contributed by atoms with Gasteiger partial charge in [-0.3, -0.25) is 14.9 Å². The van der Waals surface area contributed by atoms with E-state index in [4.69, 9.17) is 9.84 Å². The lowest BCUT2D eigenvalue weighted by atomic mass is 10.1. The number of nitriles is 1. The summed E-state index contributed by atoms with van der Waals surface area (Å²) in [4.78, 5) is 40.1. The average Bonchev–Trinajstić information content (AvgIpc) is 3.31. The third-order valence-corrected chi connectivity index (χ3v) is 7.64. The summed E-state index contributed by atoms with van der Waals surface area (Å²) in [5.74, 6) is -4.14. The normalized spacial score (nSPS) is 16.2. The van der Waals surface area contributed by atoms with Crippen molar-refractivity contribution in [3.63, 3.8) is 0 Å². The monoisotopic (exact) mass is 684 g/mol. The number of hydrogen-bond donors (Lipinski definition) is 2. The van der Waals surface area contributed by atoms with Crippen LogP contribution in [0.2, 0.25) is 0 Å². The molecule has 0 spiro atoms. The molecule has 1 aliphatic rings. The predicted molar refractivity (Wildman–Crippen MR) is 158 cm³/mol. The number of halogens is 4. The number of aromatic nitrogens is 2. The Balaban J connectivity index is 1.53. The van der Waals surface area contributed by atoms with Gasteiger partial charge in [-0.15, -0.1) is 0 Å². The molecule has 3 aromatic carbocycles. The molecule has 0 saturated carbocycles. The van der Waals surface area contributed by atoms with Gasteiger partial charge < -0.3 is 19.7 Å². The van der Waals surface area contributed by atoms with Crippen LogP contribution in [-0.4, -0.2) is 59.2 Å². The first-order valence-electron chi connectivity index (χ1n) is 13.4. The number of nitrogens with zero attached hydrogens (tertiary/aromatic N) is 4. The van der Waals surface area contributed by atoms with Crippen molar-refractivity contribution in [1.29, 1.82) is 5.26 Å². The third-order valence-electron chi connectivity index (χ3n) is 7.15. The maximum Gasteiger partial charge on any atom is 0.491 e. The molecule has 0 fully saturated rings. The SMILES string of the molecule is CN[C@@](C)(OC(=O)C(F)(F)F)C(=O)N[C@H]1COc2ccccc2N(Cc2nn(-c3ccccc3C#N)c3cc(Br)ccc23)C1=O. The molecule has 0 unspecified atom stereocenters. The van der Waals surface area contributed by atoms with Gasteiger partial charge >= 0.3 is 12.1 Å². The number of nitrogens with one attached hydrogen (secondary N) is 2. The highest BCUT2D eigenvalue weighted by molar-refractivity contribution is 9.10. The second-order valence-electron chi connectivity index (χ2n) is 10.0. The average molecular weight is 685 g/mol. The van der Waals surface area contributed by atoms with Gasteiger partial charge in [-0.1, -0.05) is 40.2 Å². The number of rotatable bonds is 7. The van der Waals surface area contributed by atoms with Crippen LogP contribution in [0.15, 0.2) is 71.2 Å². The fourth-order valence-electron chi connectivity index (χ4n) is 4.73. The first-order chi connectivity index (χ1) is 21.4. The summed E-state index contributed by atoms with van der Waals surface area (Å²) in [6.07, 6.45) is -5.35. The lowest BCUT2D eigenvalue weighted by Crippen LogP contribution is -2.62. The summed E-state index contributed by atoms with van der Waals surface area (Å²) >= 11 is 3.48. The zero-order chi connectivity index (χ0) is 32.5. The Morgan fingerprint density at radius 3 is 2.51 bits per heavy atom. The number of carbonyl (C=O) groups excluding carboxylic acids is 3. The zero-order valence-electron chi connectivity index (χ0n) is 23.7. The topological polar surface area (TPSA) is 139 Å². The van der Waals surface area contributed by atoms with Crippen LogP contribution in [-0.2, 0) is 25.7 Å². The largest absolute Gasteiger partial charge is 0.491 e. The van der Waals surface area contributed by atoms with Crippen LogP contribution in [0.4, 0.5) is 18.9 Å². The Kier molecular flexibility index (Phi) is 8.55. The van der Waals surface area contributed by atoms with E-state index in [0.717, 1.165) is 18.4 Å². The highest BCUT2D eigenvalue weighted by Gasteiger charge is 2.48. The lowest BCUT2D eigenvalue weighted by Gasteiger charge is -2.30. The smallest absolute Gasteiger partial charge is 0.489 e. The van der Waals surface area contributed by atoms with Gasteiger partial charge in [0.05, 0.1) is 34.7 Å². The minimum Gasteiger partial charge on any atom is -0.489 e. The molecule has 2 heterocycles. The Labute approximate surface area is 262 Å². The Morgan fingerprint density at radius 1 is 1.13 bits per heavy atom. The molecule has 2 atom stereocenters. The summed E-state index contributed by atoms with van der Waals surface area (Å²) < 4.78 is 51.4. The molecule has 4 aromatic rings. The van der Waals surface area contributed by atoms with E-state index in [1.54, 1.807) is 59.3 Å². The van der Waals surface area contributed by atoms with E-state index >= 15 is 0 Å². The minimum atomic E-state index is -5.35. The van der Waals surface area contributed by atoms with Crippen LogP contribution in [0.3, 0.4) is 0 Å². The molecule has 0 bridgehead atoms. The van der Waals surface area contributed by atoms with Gasteiger partial charge in [0.2, 0.25) is 5.72 Å². The number of likely N-dealkylation sites (N-methyl/N-ethyl adjacent to an activating group) is 1. The summed E-state index contributed by atoms with van der Waals surface area (Å²) in [5.41, 5.74) is -0.122. The fraction of sp³-hybridized carbons (Fsp3) is 0.233. The molecule has 2 N–H and O–H groups in total. The highest BCUT2D eigenvalue weighted by atomic mass is 79.9. The Hall–Kier alpha value is -4.94. The van der Waals surface area contributed by atoms with Crippen LogP contribution in [0.25, 0.3) is 16.6 Å². The molecule has 1 aromatic heterocycles. The number of anilines is 1. The number of alkyl halides is 3. The van der Waals surface area contributed by atoms with Crippen LogP contribution in [0, 0.1) is 11.3 Å². The van der Waals surface area contributed by atoms with E-state index in [2.05, 4.69) is 37.4 Å². The van der Waals surface area contributed by atoms with Crippen molar-refractivity contribution >= 4 is 50.3 Å². The number of fused-ring (bicyclic) bond motifs is 2. The number of amides is 2. The number of benzene rings is 3. The van der Waals surface area contributed by atoms with Crippen LogP contribution >= 0.6 is 15.9 Å². The van der Waals surface area contributed by atoms with E-state index in [0.29, 0.717) is 39.3 Å². The molecule has 5 rings (SSSR count). The van der Waals surface area contributed by atoms with E-state index < -0.39 is 35.7 Å². The molecule has 232 valence electrons. The summed E-state index contributed by atoms with van der Waals surface area (Å²) in [6, 6.07) is 19.7. The molecule has 0 saturated heterocycles. The van der Waals surface area contributed by atoms with Crippen molar-refractivity contribution in [1.82, 2.24) is 20.4 Å². The second-order valence-corrected chi connectivity index (χ2v) is 11.0. The Morgan fingerprint density at radius 2 is 1.82 bits per heavy atom. The molecular formula is C30H24BrF3N6O5. The van der Waals surface area contributed by atoms with Gasteiger partial charge in [0.25, 0.3) is 11.8 Å². The standard InChI is InChI=1S/C30H24BrF3N6O5/c1-29(36-2,45-28(43)30(32,33)34)27(42)37-21-16-44-25-10-6-5-9-23(25)39(26(21)41)15-20-19-12-11-18(31)13-24(19)40(38-20)22-8-4-3-7-17(22)14-35/h3-13,21,36H,15-16H2,1-2H3,(H,37,42)/t21-,29-/m0/s1. The van der Waals surface area contributed by atoms with Crippen molar-refractivity contribution < 1.29 is 37.0 Å². The van der Waals surface area contributed by atoms with Crippen molar-refractivity contribution in [3.05, 3.63) is 82.5 Å². The lowest BCUT2D eigenvalue weighted by molar-refractivity contribution is -0.215. The summed E-state index contributed by atoms with van der Waals surface area (Å²) in [6.45, 7) is 0.442. The number of para-hydroxylation sites is 3. The zero-order valence-corrected chi connectivity index (χ0v) is 25.3. The van der Waals surface area contributed by atoms with E-state index in [-0.39, 0.29) is 13.2 Å². The minimum absolute atomic E-state index is 0.113. The van der Waals surface area contributed by atoms with E-state index in [9.17, 15) is 32.8 Å². The predicted octanol–water partition coefficient (Wildman–Crippen LogP) is 4.11. The van der Waals surface area contributed by atoms with Gasteiger partial charge in [0.1, 0.15) is 24.5 Å². The van der Waals surface area contributed by atoms with E-state index in [1.807, 2.05) is 12.1 Å². The van der Waals surface area contributed by atoms with Crippen LogP contribution in [0.1, 0.15) is 18.2 Å². The molecule has 1 aliphatic heterocycles.